The van der Waals surface area contributed by atoms with Gasteiger partial charge in [-0.25, -0.2) is 4.98 Å². The van der Waals surface area contributed by atoms with Crippen LogP contribution < -0.4 is 5.73 Å². The van der Waals surface area contributed by atoms with Crippen LogP contribution in [0.4, 0.5) is 0 Å². The summed E-state index contributed by atoms with van der Waals surface area (Å²) in [5.41, 5.74) is 8.82. The Labute approximate surface area is 128 Å². The van der Waals surface area contributed by atoms with Gasteiger partial charge in [0.1, 0.15) is 0 Å². The standard InChI is InChI=1S/C18H27N3/c1-3-4-6-9-15(2)21-14-20-13-18(21)17(19)12-16-10-7-5-8-11-16/h5,7-8,10-11,13-15,17H,3-4,6,9,12,19H2,1-2H3/t15?,17-/m1/s1. The average Bonchev–Trinajstić information content (AvgIpc) is 2.98. The predicted octanol–water partition coefficient (Wildman–Crippen LogP) is 4.27. The van der Waals surface area contributed by atoms with Gasteiger partial charge in [-0.1, -0.05) is 56.5 Å². The molecule has 0 saturated heterocycles. The maximum Gasteiger partial charge on any atom is 0.0951 e. The van der Waals surface area contributed by atoms with Crippen LogP contribution in [0.1, 0.15) is 62.9 Å². The lowest BCUT2D eigenvalue weighted by molar-refractivity contribution is 0.452. The molecule has 3 nitrogen and oxygen atoms in total. The monoisotopic (exact) mass is 285 g/mol. The number of benzene rings is 1. The van der Waals surface area contributed by atoms with E-state index in [1.807, 2.05) is 18.6 Å². The third kappa shape index (κ3) is 4.43. The first kappa shape index (κ1) is 15.8. The molecule has 3 heteroatoms. The summed E-state index contributed by atoms with van der Waals surface area (Å²) >= 11 is 0. The Bertz CT molecular complexity index is 518. The van der Waals surface area contributed by atoms with Gasteiger partial charge < -0.3 is 10.3 Å². The number of unbranched alkanes of at least 4 members (excludes halogenated alkanes) is 2. The smallest absolute Gasteiger partial charge is 0.0951 e. The second-order valence-corrected chi connectivity index (χ2v) is 5.87. The molecule has 1 aromatic heterocycles. The third-order valence-corrected chi connectivity index (χ3v) is 4.07. The van der Waals surface area contributed by atoms with Gasteiger partial charge in [-0.2, -0.15) is 0 Å². The molecule has 0 bridgehead atoms. The highest BCUT2D eigenvalue weighted by Gasteiger charge is 2.15. The molecular weight excluding hydrogens is 258 g/mol. The molecule has 0 amide bonds. The Kier molecular flexibility index (Phi) is 6.00. The highest BCUT2D eigenvalue weighted by molar-refractivity contribution is 5.18. The molecule has 0 aliphatic rings. The fraction of sp³-hybridized carbons (Fsp3) is 0.500. The van der Waals surface area contributed by atoms with Gasteiger partial charge >= 0.3 is 0 Å². The van der Waals surface area contributed by atoms with Gasteiger partial charge in [-0.05, 0) is 25.3 Å². The zero-order valence-electron chi connectivity index (χ0n) is 13.2. The van der Waals surface area contributed by atoms with Gasteiger partial charge in [0.05, 0.1) is 18.1 Å². The number of rotatable bonds is 8. The van der Waals surface area contributed by atoms with E-state index in [4.69, 9.17) is 5.73 Å². The molecule has 0 radical (unpaired) electrons. The van der Waals surface area contributed by atoms with E-state index in [0.29, 0.717) is 6.04 Å². The lowest BCUT2D eigenvalue weighted by Gasteiger charge is -2.20. The molecule has 0 spiro atoms. The molecule has 2 N–H and O–H groups in total. The number of nitrogens with two attached hydrogens (primary N) is 1. The van der Waals surface area contributed by atoms with Crippen molar-refractivity contribution in [3.05, 3.63) is 54.1 Å². The fourth-order valence-electron chi connectivity index (χ4n) is 2.77. The molecule has 1 unspecified atom stereocenters. The van der Waals surface area contributed by atoms with Crippen LogP contribution in [0.25, 0.3) is 0 Å². The summed E-state index contributed by atoms with van der Waals surface area (Å²) in [6.45, 7) is 4.50. The molecule has 0 aliphatic carbocycles. The maximum atomic E-state index is 6.40. The van der Waals surface area contributed by atoms with Crippen LogP contribution in [0, 0.1) is 0 Å². The molecule has 0 fully saturated rings. The van der Waals surface area contributed by atoms with Crippen LogP contribution in [0.2, 0.25) is 0 Å². The minimum absolute atomic E-state index is 0.00326. The normalized spacial score (nSPS) is 14.0. The summed E-state index contributed by atoms with van der Waals surface area (Å²) < 4.78 is 2.25. The van der Waals surface area contributed by atoms with Crippen LogP contribution in [0.3, 0.4) is 0 Å². The molecule has 0 aliphatic heterocycles. The van der Waals surface area contributed by atoms with Crippen molar-refractivity contribution < 1.29 is 0 Å². The fourth-order valence-corrected chi connectivity index (χ4v) is 2.77. The summed E-state index contributed by atoms with van der Waals surface area (Å²) in [4.78, 5) is 4.32. The Morgan fingerprint density at radius 2 is 1.95 bits per heavy atom. The number of hydrogen-bond donors (Lipinski definition) is 1. The number of nitrogens with zero attached hydrogens (tertiary/aromatic N) is 2. The van der Waals surface area contributed by atoms with Crippen LogP contribution >= 0.6 is 0 Å². The SMILES string of the molecule is CCCCCC(C)n1cncc1[C@H](N)Cc1ccccc1. The summed E-state index contributed by atoms with van der Waals surface area (Å²) in [5, 5.41) is 0. The first-order chi connectivity index (χ1) is 10.2. The van der Waals surface area contributed by atoms with Gasteiger partial charge in [0, 0.05) is 12.2 Å². The number of aromatic nitrogens is 2. The van der Waals surface area contributed by atoms with E-state index < -0.39 is 0 Å². The van der Waals surface area contributed by atoms with Crippen LogP contribution in [0.5, 0.6) is 0 Å². The van der Waals surface area contributed by atoms with Crippen molar-refractivity contribution in [2.45, 2.75) is 58.0 Å². The summed E-state index contributed by atoms with van der Waals surface area (Å²) in [6, 6.07) is 10.9. The van der Waals surface area contributed by atoms with Crippen LogP contribution in [-0.2, 0) is 6.42 Å². The summed E-state index contributed by atoms with van der Waals surface area (Å²) in [5.74, 6) is 0. The minimum Gasteiger partial charge on any atom is -0.330 e. The minimum atomic E-state index is 0.00326. The molecule has 2 rings (SSSR count). The quantitative estimate of drug-likeness (QED) is 0.736. The molecule has 114 valence electrons. The lowest BCUT2D eigenvalue weighted by Crippen LogP contribution is -2.19. The molecule has 2 atom stereocenters. The van der Waals surface area contributed by atoms with Crippen molar-refractivity contribution in [3.8, 4) is 0 Å². The highest BCUT2D eigenvalue weighted by atomic mass is 15.1. The van der Waals surface area contributed by atoms with Crippen molar-refractivity contribution in [2.24, 2.45) is 5.73 Å². The molecule has 0 saturated carbocycles. The van der Waals surface area contributed by atoms with Gasteiger partial charge in [0.15, 0.2) is 0 Å². The maximum absolute atomic E-state index is 6.40. The van der Waals surface area contributed by atoms with E-state index in [2.05, 4.69) is 47.7 Å². The van der Waals surface area contributed by atoms with E-state index in [9.17, 15) is 0 Å². The van der Waals surface area contributed by atoms with Crippen LogP contribution in [0.15, 0.2) is 42.9 Å². The van der Waals surface area contributed by atoms with Crippen molar-refractivity contribution in [2.75, 3.05) is 0 Å². The number of hydrogen-bond acceptors (Lipinski definition) is 2. The van der Waals surface area contributed by atoms with Gasteiger partial charge in [-0.3, -0.25) is 0 Å². The molecule has 1 aromatic carbocycles. The van der Waals surface area contributed by atoms with Crippen molar-refractivity contribution in [3.63, 3.8) is 0 Å². The third-order valence-electron chi connectivity index (χ3n) is 4.07. The van der Waals surface area contributed by atoms with Gasteiger partial charge in [-0.15, -0.1) is 0 Å². The summed E-state index contributed by atoms with van der Waals surface area (Å²) in [7, 11) is 0. The largest absolute Gasteiger partial charge is 0.330 e. The van der Waals surface area contributed by atoms with E-state index in [1.165, 1.54) is 31.2 Å². The zero-order chi connectivity index (χ0) is 15.1. The van der Waals surface area contributed by atoms with Gasteiger partial charge in [0.25, 0.3) is 0 Å². The predicted molar refractivity (Wildman–Crippen MR) is 88.2 cm³/mol. The highest BCUT2D eigenvalue weighted by Crippen LogP contribution is 2.22. The summed E-state index contributed by atoms with van der Waals surface area (Å²) in [6.07, 6.45) is 9.72. The van der Waals surface area contributed by atoms with Crippen molar-refractivity contribution in [1.82, 2.24) is 9.55 Å². The molecule has 1 heterocycles. The van der Waals surface area contributed by atoms with E-state index >= 15 is 0 Å². The van der Waals surface area contributed by atoms with E-state index in [-0.39, 0.29) is 6.04 Å². The average molecular weight is 285 g/mol. The second kappa shape index (κ2) is 7.99. The van der Waals surface area contributed by atoms with Crippen LogP contribution in [-0.4, -0.2) is 9.55 Å². The van der Waals surface area contributed by atoms with Crippen molar-refractivity contribution in [1.29, 1.82) is 0 Å². The Hall–Kier alpha value is -1.61. The zero-order valence-corrected chi connectivity index (χ0v) is 13.2. The Morgan fingerprint density at radius 1 is 1.19 bits per heavy atom. The molecular formula is C18H27N3. The van der Waals surface area contributed by atoms with Crippen molar-refractivity contribution >= 4 is 0 Å². The molecule has 2 aromatic rings. The molecule has 21 heavy (non-hydrogen) atoms. The Morgan fingerprint density at radius 3 is 2.67 bits per heavy atom. The van der Waals surface area contributed by atoms with Gasteiger partial charge in [0.2, 0.25) is 0 Å². The first-order valence-corrected chi connectivity index (χ1v) is 8.03. The topological polar surface area (TPSA) is 43.8 Å². The lowest BCUT2D eigenvalue weighted by atomic mass is 10.0. The van der Waals surface area contributed by atoms with E-state index in [1.54, 1.807) is 0 Å². The second-order valence-electron chi connectivity index (χ2n) is 5.87. The Balaban J connectivity index is 2.01. The first-order valence-electron chi connectivity index (χ1n) is 8.03. The number of imidazole rings is 1. The van der Waals surface area contributed by atoms with E-state index in [0.717, 1.165) is 12.1 Å².